The number of nitrogens with two attached hydrogens (primary N) is 1. The summed E-state index contributed by atoms with van der Waals surface area (Å²) in [5.41, 5.74) is 9.61. The molecule has 2 aromatic carbocycles. The number of anilines is 5. The van der Waals surface area contributed by atoms with E-state index in [1.54, 1.807) is 18.9 Å². The molecule has 8 nitrogen and oxygen atoms in total. The van der Waals surface area contributed by atoms with Crippen molar-refractivity contribution in [2.75, 3.05) is 43.6 Å². The highest BCUT2D eigenvalue weighted by atomic mass is 32.2. The molecular weight excluding hydrogens is 470 g/mol. The van der Waals surface area contributed by atoms with Crippen LogP contribution in [0.1, 0.15) is 43.7 Å². The highest BCUT2D eigenvalue weighted by molar-refractivity contribution is 8.00. The molecule has 0 aliphatic carbocycles. The van der Waals surface area contributed by atoms with Crippen LogP contribution in [0.25, 0.3) is 0 Å². The molecule has 9 heteroatoms. The number of aromatic nitrogens is 2. The maximum absolute atomic E-state index is 7.87. The van der Waals surface area contributed by atoms with Gasteiger partial charge in [-0.2, -0.15) is 9.97 Å². The third kappa shape index (κ3) is 6.09. The summed E-state index contributed by atoms with van der Waals surface area (Å²) >= 11 is 1.76. The van der Waals surface area contributed by atoms with Gasteiger partial charge in [0.1, 0.15) is 17.4 Å². The Kier molecular flexibility index (Phi) is 8.32. The monoisotopic (exact) mass is 505 g/mol. The van der Waals surface area contributed by atoms with Crippen LogP contribution in [0.2, 0.25) is 0 Å². The maximum Gasteiger partial charge on any atom is 0.231 e. The quantitative estimate of drug-likeness (QED) is 0.211. The predicted molar refractivity (Wildman–Crippen MR) is 151 cm³/mol. The molecule has 36 heavy (non-hydrogen) atoms. The van der Waals surface area contributed by atoms with E-state index >= 15 is 0 Å². The number of hydrogen-bond acceptors (Lipinski definition) is 9. The highest BCUT2D eigenvalue weighted by Crippen LogP contribution is 2.36. The molecule has 0 bridgehead atoms. The van der Waals surface area contributed by atoms with Gasteiger partial charge in [-0.25, -0.2) is 0 Å². The van der Waals surface area contributed by atoms with E-state index in [1.165, 1.54) is 24.6 Å². The molecule has 0 amide bonds. The number of piperidine rings is 1. The van der Waals surface area contributed by atoms with E-state index in [9.17, 15) is 0 Å². The summed E-state index contributed by atoms with van der Waals surface area (Å²) in [5.74, 6) is 2.24. The van der Waals surface area contributed by atoms with Crippen LogP contribution in [0.5, 0.6) is 5.75 Å². The third-order valence-corrected chi connectivity index (χ3v) is 7.27. The molecule has 3 aromatic rings. The lowest BCUT2D eigenvalue weighted by Crippen LogP contribution is -2.30. The standard InChI is InChI=1S/C27H35N7OS/c1-17(2)36-24-10-6-5-9-22(24)30-26-20(15-28)25(29)32-27(33-26)31-21-12-11-18(14-23(21)35-4)19-8-7-13-34(3)16-19/h5-6,9-12,14-15,17,19,28H,7-8,13,16H2,1-4H3,(H4,29,30,31,32,33). The van der Waals surface area contributed by atoms with Crippen LogP contribution in [0, 0.1) is 5.41 Å². The molecule has 1 aliphatic heterocycles. The Balaban J connectivity index is 1.62. The Bertz CT molecular complexity index is 1220. The molecule has 1 atom stereocenters. The van der Waals surface area contributed by atoms with Gasteiger partial charge in [-0.3, -0.25) is 0 Å². The number of ether oxygens (including phenoxy) is 1. The van der Waals surface area contributed by atoms with Crippen LogP contribution in [-0.4, -0.2) is 53.6 Å². The number of thioether (sulfide) groups is 1. The Morgan fingerprint density at radius 1 is 1.17 bits per heavy atom. The van der Waals surface area contributed by atoms with Crippen molar-refractivity contribution in [3.8, 4) is 5.75 Å². The maximum atomic E-state index is 7.87. The molecule has 1 unspecified atom stereocenters. The van der Waals surface area contributed by atoms with Crippen LogP contribution in [0.3, 0.4) is 0 Å². The van der Waals surface area contributed by atoms with E-state index in [0.29, 0.717) is 28.5 Å². The summed E-state index contributed by atoms with van der Waals surface area (Å²) in [6.45, 7) is 6.50. The van der Waals surface area contributed by atoms with E-state index in [4.69, 9.17) is 15.9 Å². The summed E-state index contributed by atoms with van der Waals surface area (Å²) in [5, 5.41) is 14.9. The number of benzene rings is 2. The Hall–Kier alpha value is -3.30. The van der Waals surface area contributed by atoms with E-state index < -0.39 is 0 Å². The molecular formula is C27H35N7OS. The molecule has 1 saturated heterocycles. The second-order valence-corrected chi connectivity index (χ2v) is 10.9. The number of rotatable bonds is 9. The van der Waals surface area contributed by atoms with Gasteiger partial charge in [-0.1, -0.05) is 32.0 Å². The smallest absolute Gasteiger partial charge is 0.231 e. The summed E-state index contributed by atoms with van der Waals surface area (Å²) in [6, 6.07) is 14.3. The van der Waals surface area contributed by atoms with Gasteiger partial charge in [-0.15, -0.1) is 11.8 Å². The second kappa shape index (κ2) is 11.6. The number of nitrogens with zero attached hydrogens (tertiary/aromatic N) is 3. The van der Waals surface area contributed by atoms with Gasteiger partial charge < -0.3 is 31.4 Å². The zero-order valence-corrected chi connectivity index (χ0v) is 22.2. The number of methoxy groups -OCH3 is 1. The van der Waals surface area contributed by atoms with Gasteiger partial charge in [0.2, 0.25) is 5.95 Å². The number of hydrogen-bond donors (Lipinski definition) is 4. The van der Waals surface area contributed by atoms with Crippen molar-refractivity contribution in [1.82, 2.24) is 14.9 Å². The van der Waals surface area contributed by atoms with E-state index in [1.807, 2.05) is 24.3 Å². The van der Waals surface area contributed by atoms with E-state index in [2.05, 4.69) is 64.6 Å². The number of nitrogens with one attached hydrogen (secondary N) is 3. The minimum absolute atomic E-state index is 0.222. The molecule has 190 valence electrons. The normalized spacial score (nSPS) is 16.1. The Labute approximate surface area is 217 Å². The molecule has 0 spiro atoms. The third-order valence-electron chi connectivity index (χ3n) is 6.19. The van der Waals surface area contributed by atoms with Gasteiger partial charge in [0.15, 0.2) is 0 Å². The second-order valence-electron chi connectivity index (χ2n) is 9.31. The largest absolute Gasteiger partial charge is 0.495 e. The van der Waals surface area contributed by atoms with Crippen LogP contribution in [-0.2, 0) is 0 Å². The lowest BCUT2D eigenvalue weighted by molar-refractivity contribution is 0.250. The Morgan fingerprint density at radius 2 is 1.97 bits per heavy atom. The van der Waals surface area contributed by atoms with E-state index in [-0.39, 0.29) is 5.82 Å². The van der Waals surface area contributed by atoms with Crippen LogP contribution in [0.4, 0.5) is 29.0 Å². The van der Waals surface area contributed by atoms with Gasteiger partial charge in [0.25, 0.3) is 0 Å². The first-order valence-electron chi connectivity index (χ1n) is 12.2. The van der Waals surface area contributed by atoms with Crippen molar-refractivity contribution in [1.29, 1.82) is 5.41 Å². The fourth-order valence-electron chi connectivity index (χ4n) is 4.46. The van der Waals surface area contributed by atoms with Crippen molar-refractivity contribution in [3.63, 3.8) is 0 Å². The summed E-state index contributed by atoms with van der Waals surface area (Å²) in [7, 11) is 3.84. The molecule has 5 N–H and O–H groups in total. The topological polar surface area (TPSA) is 112 Å². The SMILES string of the molecule is COc1cc(C2CCCN(C)C2)ccc1Nc1nc(N)c(C=N)c(Nc2ccccc2SC(C)C)n1. The summed E-state index contributed by atoms with van der Waals surface area (Å²) in [4.78, 5) is 12.6. The fourth-order valence-corrected chi connectivity index (χ4v) is 5.37. The number of para-hydroxylation sites is 1. The average Bonchev–Trinajstić information content (AvgIpc) is 2.85. The minimum atomic E-state index is 0.222. The molecule has 1 aromatic heterocycles. The zero-order chi connectivity index (χ0) is 25.7. The zero-order valence-electron chi connectivity index (χ0n) is 21.3. The van der Waals surface area contributed by atoms with Crippen LogP contribution in [0.15, 0.2) is 47.4 Å². The minimum Gasteiger partial charge on any atom is -0.495 e. The highest BCUT2D eigenvalue weighted by Gasteiger charge is 2.21. The number of likely N-dealkylation sites (tertiary alicyclic amines) is 1. The van der Waals surface area contributed by atoms with Crippen molar-refractivity contribution >= 4 is 46.9 Å². The fraction of sp³-hybridized carbons (Fsp3) is 0.370. The predicted octanol–water partition coefficient (Wildman–Crippen LogP) is 5.86. The van der Waals surface area contributed by atoms with E-state index in [0.717, 1.165) is 35.1 Å². The average molecular weight is 506 g/mol. The number of nitrogen functional groups attached to an aromatic ring is 1. The molecule has 1 fully saturated rings. The van der Waals surface area contributed by atoms with Gasteiger partial charge in [0, 0.05) is 22.9 Å². The lowest BCUT2D eigenvalue weighted by Gasteiger charge is -2.30. The van der Waals surface area contributed by atoms with Crippen molar-refractivity contribution in [2.45, 2.75) is 42.8 Å². The molecule has 1 aliphatic rings. The summed E-state index contributed by atoms with van der Waals surface area (Å²) < 4.78 is 5.71. The van der Waals surface area contributed by atoms with Crippen LogP contribution >= 0.6 is 11.8 Å². The molecule has 4 rings (SSSR count). The summed E-state index contributed by atoms with van der Waals surface area (Å²) in [6.07, 6.45) is 3.55. The Morgan fingerprint density at radius 3 is 2.69 bits per heavy atom. The van der Waals surface area contributed by atoms with Crippen molar-refractivity contribution in [3.05, 3.63) is 53.6 Å². The molecule has 0 saturated carbocycles. The van der Waals surface area contributed by atoms with Crippen molar-refractivity contribution in [2.24, 2.45) is 0 Å². The first kappa shape index (κ1) is 25.8. The first-order valence-corrected chi connectivity index (χ1v) is 13.1. The van der Waals surface area contributed by atoms with Crippen molar-refractivity contribution < 1.29 is 4.74 Å². The molecule has 2 heterocycles. The first-order chi connectivity index (χ1) is 17.4. The lowest BCUT2D eigenvalue weighted by atomic mass is 9.90. The molecule has 0 radical (unpaired) electrons. The van der Waals surface area contributed by atoms with Gasteiger partial charge in [0.05, 0.1) is 24.0 Å². The van der Waals surface area contributed by atoms with Crippen LogP contribution < -0.4 is 21.1 Å². The van der Waals surface area contributed by atoms with Gasteiger partial charge in [-0.05, 0) is 62.2 Å². The number of likely N-dealkylation sites (N-methyl/N-ethyl adjacent to an activating group) is 1. The van der Waals surface area contributed by atoms with Gasteiger partial charge >= 0.3 is 0 Å².